The van der Waals surface area contributed by atoms with Gasteiger partial charge in [0.1, 0.15) is 10.8 Å². The predicted octanol–water partition coefficient (Wildman–Crippen LogP) is 2.79. The van der Waals surface area contributed by atoms with Crippen LogP contribution in [0.2, 0.25) is 0 Å². The molecule has 2 aromatic rings. The number of aromatic nitrogens is 1. The first kappa shape index (κ1) is 13.8. The highest BCUT2D eigenvalue weighted by atomic mass is 32.1. The van der Waals surface area contributed by atoms with Gasteiger partial charge >= 0.3 is 0 Å². The molecular formula is C15H20N2O2S. The van der Waals surface area contributed by atoms with E-state index in [1.54, 1.807) is 18.4 Å². The van der Waals surface area contributed by atoms with Gasteiger partial charge in [-0.1, -0.05) is 6.92 Å². The molecule has 2 unspecified atom stereocenters. The normalized spacial score (nSPS) is 22.5. The van der Waals surface area contributed by atoms with Crippen LogP contribution in [0.15, 0.2) is 18.2 Å². The van der Waals surface area contributed by atoms with E-state index in [1.807, 2.05) is 12.1 Å². The fraction of sp³-hybridized carbons (Fsp3) is 0.533. The van der Waals surface area contributed by atoms with Crippen molar-refractivity contribution in [3.8, 4) is 5.75 Å². The quantitative estimate of drug-likeness (QED) is 0.920. The molecule has 2 heterocycles. The molecule has 1 fully saturated rings. The van der Waals surface area contributed by atoms with E-state index in [0.29, 0.717) is 12.0 Å². The molecule has 0 bridgehead atoms. The van der Waals surface area contributed by atoms with Gasteiger partial charge in [-0.25, -0.2) is 4.98 Å². The van der Waals surface area contributed by atoms with Crippen LogP contribution in [0.25, 0.3) is 10.2 Å². The lowest BCUT2D eigenvalue weighted by Crippen LogP contribution is -2.34. The minimum atomic E-state index is 0.366. The number of hydrogen-bond acceptors (Lipinski definition) is 5. The second-order valence-corrected chi connectivity index (χ2v) is 6.15. The molecule has 0 saturated carbocycles. The number of rotatable bonds is 5. The number of ether oxygens (including phenoxy) is 2. The summed E-state index contributed by atoms with van der Waals surface area (Å²) >= 11 is 1.75. The zero-order valence-electron chi connectivity index (χ0n) is 11.9. The van der Waals surface area contributed by atoms with Crippen molar-refractivity contribution >= 4 is 21.6 Å². The minimum Gasteiger partial charge on any atom is -0.497 e. The number of benzene rings is 1. The SMILES string of the molecule is CCCNC1COCC1c1nc2ccc(OC)cc2s1. The van der Waals surface area contributed by atoms with Crippen LogP contribution in [0, 0.1) is 0 Å². The van der Waals surface area contributed by atoms with Gasteiger partial charge in [0.25, 0.3) is 0 Å². The molecule has 1 aliphatic heterocycles. The second kappa shape index (κ2) is 6.08. The number of nitrogens with zero attached hydrogens (tertiary/aromatic N) is 1. The molecule has 3 rings (SSSR count). The van der Waals surface area contributed by atoms with Crippen molar-refractivity contribution in [3.05, 3.63) is 23.2 Å². The summed E-state index contributed by atoms with van der Waals surface area (Å²) in [5, 5.41) is 4.73. The Bertz CT molecular complexity index is 584. The first-order valence-corrected chi connectivity index (χ1v) is 7.89. The van der Waals surface area contributed by atoms with Gasteiger partial charge in [-0.3, -0.25) is 0 Å². The summed E-state index contributed by atoms with van der Waals surface area (Å²) in [4.78, 5) is 4.77. The topological polar surface area (TPSA) is 43.4 Å². The molecule has 4 nitrogen and oxygen atoms in total. The smallest absolute Gasteiger partial charge is 0.120 e. The minimum absolute atomic E-state index is 0.366. The fourth-order valence-electron chi connectivity index (χ4n) is 2.54. The molecule has 20 heavy (non-hydrogen) atoms. The number of thiazole rings is 1. The summed E-state index contributed by atoms with van der Waals surface area (Å²) < 4.78 is 12.1. The van der Waals surface area contributed by atoms with E-state index in [2.05, 4.69) is 18.3 Å². The first-order valence-electron chi connectivity index (χ1n) is 7.07. The Morgan fingerprint density at radius 1 is 1.45 bits per heavy atom. The van der Waals surface area contributed by atoms with Gasteiger partial charge in [0, 0.05) is 6.04 Å². The zero-order valence-corrected chi connectivity index (χ0v) is 12.7. The van der Waals surface area contributed by atoms with Crippen LogP contribution < -0.4 is 10.1 Å². The molecule has 108 valence electrons. The molecule has 0 amide bonds. The molecule has 0 radical (unpaired) electrons. The maximum Gasteiger partial charge on any atom is 0.120 e. The third kappa shape index (κ3) is 2.66. The van der Waals surface area contributed by atoms with Crippen molar-refractivity contribution in [2.45, 2.75) is 25.3 Å². The highest BCUT2D eigenvalue weighted by Crippen LogP contribution is 2.34. The van der Waals surface area contributed by atoms with Crippen LogP contribution in [-0.4, -0.2) is 37.9 Å². The van der Waals surface area contributed by atoms with Crippen LogP contribution in [0.5, 0.6) is 5.75 Å². The van der Waals surface area contributed by atoms with Crippen molar-refractivity contribution in [2.24, 2.45) is 0 Å². The molecule has 5 heteroatoms. The highest BCUT2D eigenvalue weighted by molar-refractivity contribution is 7.18. The summed E-state index contributed by atoms with van der Waals surface area (Å²) in [6, 6.07) is 6.43. The summed E-state index contributed by atoms with van der Waals surface area (Å²) in [7, 11) is 1.69. The molecule has 0 spiro atoms. The molecule has 1 saturated heterocycles. The van der Waals surface area contributed by atoms with Gasteiger partial charge in [0.15, 0.2) is 0 Å². The van der Waals surface area contributed by atoms with Crippen molar-refractivity contribution < 1.29 is 9.47 Å². The van der Waals surface area contributed by atoms with Crippen molar-refractivity contribution in [3.63, 3.8) is 0 Å². The molecule has 1 N–H and O–H groups in total. The van der Waals surface area contributed by atoms with Crippen molar-refractivity contribution in [1.29, 1.82) is 0 Å². The third-order valence-corrected chi connectivity index (χ3v) is 4.82. The second-order valence-electron chi connectivity index (χ2n) is 5.09. The maximum atomic E-state index is 5.64. The largest absolute Gasteiger partial charge is 0.497 e. The summed E-state index contributed by atoms with van der Waals surface area (Å²) in [6.07, 6.45) is 1.14. The van der Waals surface area contributed by atoms with E-state index in [9.17, 15) is 0 Å². The Morgan fingerprint density at radius 2 is 2.35 bits per heavy atom. The zero-order chi connectivity index (χ0) is 13.9. The van der Waals surface area contributed by atoms with Gasteiger partial charge in [-0.2, -0.15) is 0 Å². The summed E-state index contributed by atoms with van der Waals surface area (Å²) in [6.45, 7) is 4.76. The van der Waals surface area contributed by atoms with Gasteiger partial charge in [-0.05, 0) is 31.2 Å². The summed E-state index contributed by atoms with van der Waals surface area (Å²) in [5.41, 5.74) is 1.05. The lowest BCUT2D eigenvalue weighted by Gasteiger charge is -2.16. The van der Waals surface area contributed by atoms with E-state index in [0.717, 1.165) is 37.4 Å². The molecular weight excluding hydrogens is 272 g/mol. The Kier molecular flexibility index (Phi) is 4.19. The lowest BCUT2D eigenvalue weighted by atomic mass is 10.0. The number of fused-ring (bicyclic) bond motifs is 1. The Balaban J connectivity index is 1.85. The Morgan fingerprint density at radius 3 is 3.15 bits per heavy atom. The highest BCUT2D eigenvalue weighted by Gasteiger charge is 2.31. The number of hydrogen-bond donors (Lipinski definition) is 1. The molecule has 1 aliphatic rings. The standard InChI is InChI=1S/C15H20N2O2S/c1-3-6-16-13-9-19-8-11(13)15-17-12-5-4-10(18-2)7-14(12)20-15/h4-5,7,11,13,16H,3,6,8-9H2,1-2H3. The van der Waals surface area contributed by atoms with E-state index in [-0.39, 0.29) is 0 Å². The van der Waals surface area contributed by atoms with Gasteiger partial charge in [-0.15, -0.1) is 11.3 Å². The van der Waals surface area contributed by atoms with Gasteiger partial charge < -0.3 is 14.8 Å². The first-order chi connectivity index (χ1) is 9.81. The molecule has 2 atom stereocenters. The van der Waals surface area contributed by atoms with E-state index in [4.69, 9.17) is 14.5 Å². The van der Waals surface area contributed by atoms with Gasteiger partial charge in [0.05, 0.1) is 36.5 Å². The molecule has 1 aromatic carbocycles. The van der Waals surface area contributed by atoms with Crippen LogP contribution in [0.3, 0.4) is 0 Å². The Labute approximate surface area is 123 Å². The number of methoxy groups -OCH3 is 1. The monoisotopic (exact) mass is 292 g/mol. The van der Waals surface area contributed by atoms with E-state index >= 15 is 0 Å². The van der Waals surface area contributed by atoms with E-state index < -0.39 is 0 Å². The van der Waals surface area contributed by atoms with Crippen molar-refractivity contribution in [1.82, 2.24) is 10.3 Å². The van der Waals surface area contributed by atoms with Crippen LogP contribution in [0.1, 0.15) is 24.3 Å². The Hall–Kier alpha value is -1.17. The van der Waals surface area contributed by atoms with Gasteiger partial charge in [0.2, 0.25) is 0 Å². The molecule has 1 aromatic heterocycles. The molecule has 0 aliphatic carbocycles. The van der Waals surface area contributed by atoms with Crippen LogP contribution in [0.4, 0.5) is 0 Å². The maximum absolute atomic E-state index is 5.64. The average Bonchev–Trinajstić information content (AvgIpc) is 3.09. The predicted molar refractivity (Wildman–Crippen MR) is 81.8 cm³/mol. The van der Waals surface area contributed by atoms with E-state index in [1.165, 1.54) is 9.71 Å². The van der Waals surface area contributed by atoms with Crippen LogP contribution >= 0.6 is 11.3 Å². The third-order valence-electron chi connectivity index (χ3n) is 3.67. The number of nitrogens with one attached hydrogen (secondary N) is 1. The fourth-order valence-corrected chi connectivity index (χ4v) is 3.68. The summed E-state index contributed by atoms with van der Waals surface area (Å²) in [5.74, 6) is 1.25. The average molecular weight is 292 g/mol. The lowest BCUT2D eigenvalue weighted by molar-refractivity contribution is 0.187. The van der Waals surface area contributed by atoms with Crippen LogP contribution in [-0.2, 0) is 4.74 Å². The van der Waals surface area contributed by atoms with Crippen molar-refractivity contribution in [2.75, 3.05) is 26.9 Å².